The molecule has 4 heteroatoms. The van der Waals surface area contributed by atoms with E-state index in [4.69, 9.17) is 4.98 Å². The molecular formula is C26H34N3O+. The first-order chi connectivity index (χ1) is 14.5. The molecule has 0 aliphatic rings. The molecule has 0 aliphatic carbocycles. The third-order valence-electron chi connectivity index (χ3n) is 5.82. The van der Waals surface area contributed by atoms with Gasteiger partial charge in [-0.15, -0.1) is 0 Å². The third kappa shape index (κ3) is 5.45. The second-order valence-corrected chi connectivity index (χ2v) is 8.17. The van der Waals surface area contributed by atoms with E-state index >= 15 is 0 Å². The van der Waals surface area contributed by atoms with Crippen LogP contribution < -0.4 is 10.2 Å². The van der Waals surface area contributed by atoms with Crippen molar-refractivity contribution in [3.8, 4) is 11.3 Å². The number of amides is 1. The Balaban J connectivity index is 1.82. The highest BCUT2D eigenvalue weighted by molar-refractivity contribution is 6.07. The number of aryl methyl sites for hydroxylation is 1. The normalized spacial score (nSPS) is 12.3. The van der Waals surface area contributed by atoms with Crippen molar-refractivity contribution in [1.29, 1.82) is 0 Å². The minimum Gasteiger partial charge on any atom is -0.350 e. The number of pyridine rings is 1. The second-order valence-electron chi connectivity index (χ2n) is 8.17. The van der Waals surface area contributed by atoms with Gasteiger partial charge in [-0.3, -0.25) is 4.79 Å². The summed E-state index contributed by atoms with van der Waals surface area (Å²) in [4.78, 5) is 19.7. The number of nitrogens with one attached hydrogen (secondary N) is 2. The molecule has 0 fully saturated rings. The number of hydrogen-bond acceptors (Lipinski definition) is 2. The van der Waals surface area contributed by atoms with Crippen LogP contribution in [0.2, 0.25) is 0 Å². The second kappa shape index (κ2) is 10.4. The van der Waals surface area contributed by atoms with Crippen LogP contribution in [-0.2, 0) is 0 Å². The number of quaternary nitrogens is 1. The van der Waals surface area contributed by atoms with Crippen LogP contribution >= 0.6 is 0 Å². The molecule has 3 aromatic rings. The molecule has 4 nitrogen and oxygen atoms in total. The highest BCUT2D eigenvalue weighted by Gasteiger charge is 2.16. The van der Waals surface area contributed by atoms with Gasteiger partial charge in [0.1, 0.15) is 0 Å². The Morgan fingerprint density at radius 2 is 1.80 bits per heavy atom. The summed E-state index contributed by atoms with van der Waals surface area (Å²) in [6.07, 6.45) is 2.10. The van der Waals surface area contributed by atoms with Gasteiger partial charge in [0.05, 0.1) is 36.4 Å². The maximum Gasteiger partial charge on any atom is 0.252 e. The summed E-state index contributed by atoms with van der Waals surface area (Å²) >= 11 is 0. The van der Waals surface area contributed by atoms with Gasteiger partial charge in [0.15, 0.2) is 0 Å². The lowest BCUT2D eigenvalue weighted by atomic mass is 10.0. The summed E-state index contributed by atoms with van der Waals surface area (Å²) in [6, 6.07) is 18.2. The Labute approximate surface area is 180 Å². The number of nitrogens with zero attached hydrogens (tertiary/aromatic N) is 1. The molecule has 2 aromatic carbocycles. The summed E-state index contributed by atoms with van der Waals surface area (Å²) in [5.41, 5.74) is 4.52. The molecule has 0 bridgehead atoms. The van der Waals surface area contributed by atoms with Crippen LogP contribution in [0.3, 0.4) is 0 Å². The molecule has 0 saturated heterocycles. The van der Waals surface area contributed by atoms with Gasteiger partial charge in [0.25, 0.3) is 5.91 Å². The Bertz CT molecular complexity index is 980. The minimum atomic E-state index is -0.0205. The van der Waals surface area contributed by atoms with Crippen molar-refractivity contribution >= 4 is 16.8 Å². The number of carbonyl (C=O) groups excluding carboxylic acids is 1. The van der Waals surface area contributed by atoms with E-state index in [1.807, 2.05) is 55.5 Å². The number of carbonyl (C=O) groups is 1. The quantitative estimate of drug-likeness (QED) is 0.566. The number of rotatable bonds is 9. The average molecular weight is 405 g/mol. The van der Waals surface area contributed by atoms with Gasteiger partial charge in [-0.1, -0.05) is 42.0 Å². The number of fused-ring (bicyclic) bond motifs is 1. The lowest BCUT2D eigenvalue weighted by Gasteiger charge is -2.18. The first-order valence-electron chi connectivity index (χ1n) is 11.1. The van der Waals surface area contributed by atoms with Crippen molar-refractivity contribution in [3.05, 3.63) is 65.7 Å². The van der Waals surface area contributed by atoms with E-state index in [1.54, 1.807) is 4.90 Å². The molecule has 2 N–H and O–H groups in total. The Kier molecular flexibility index (Phi) is 7.58. The van der Waals surface area contributed by atoms with Crippen LogP contribution in [0, 0.1) is 6.92 Å². The van der Waals surface area contributed by atoms with Gasteiger partial charge >= 0.3 is 0 Å². The van der Waals surface area contributed by atoms with E-state index in [1.165, 1.54) is 0 Å². The highest BCUT2D eigenvalue weighted by atomic mass is 16.1. The van der Waals surface area contributed by atoms with Crippen LogP contribution in [-0.4, -0.2) is 36.6 Å². The Morgan fingerprint density at radius 1 is 1.07 bits per heavy atom. The van der Waals surface area contributed by atoms with Crippen LogP contribution in [0.25, 0.3) is 22.2 Å². The van der Waals surface area contributed by atoms with Gasteiger partial charge in [0.2, 0.25) is 0 Å². The molecular weight excluding hydrogens is 370 g/mol. The SMILES string of the molecule is CC[NH+](CC)CCC[C@@H](C)NC(=O)c1cc(-c2ccccc2)nc2ccc(C)cc12. The predicted molar refractivity (Wildman–Crippen MR) is 125 cm³/mol. The van der Waals surface area contributed by atoms with Gasteiger partial charge in [0, 0.05) is 17.0 Å². The van der Waals surface area contributed by atoms with Crippen LogP contribution in [0.1, 0.15) is 49.5 Å². The summed E-state index contributed by atoms with van der Waals surface area (Å²) in [5.74, 6) is -0.0205. The Morgan fingerprint density at radius 3 is 2.50 bits per heavy atom. The van der Waals surface area contributed by atoms with Gasteiger partial charge in [-0.25, -0.2) is 4.98 Å². The molecule has 1 aromatic heterocycles. The summed E-state index contributed by atoms with van der Waals surface area (Å²) in [7, 11) is 0. The van der Waals surface area contributed by atoms with Gasteiger partial charge in [-0.2, -0.15) is 0 Å². The van der Waals surface area contributed by atoms with Gasteiger partial charge < -0.3 is 10.2 Å². The van der Waals surface area contributed by atoms with Crippen LogP contribution in [0.15, 0.2) is 54.6 Å². The summed E-state index contributed by atoms with van der Waals surface area (Å²) in [5, 5.41) is 4.13. The molecule has 3 rings (SSSR count). The molecule has 1 amide bonds. The molecule has 158 valence electrons. The molecule has 1 heterocycles. The number of hydrogen-bond donors (Lipinski definition) is 2. The standard InChI is InChI=1S/C26H33N3O/c1-5-29(6-2)16-10-11-20(4)27-26(30)23-18-25(21-12-8-7-9-13-21)28-24-15-14-19(3)17-22(23)24/h7-9,12-15,17-18,20H,5-6,10-11,16H2,1-4H3,(H,27,30)/p+1/t20-/m1/s1. The average Bonchev–Trinajstić information content (AvgIpc) is 2.76. The van der Waals surface area contributed by atoms with E-state index < -0.39 is 0 Å². The molecule has 0 unspecified atom stereocenters. The molecule has 30 heavy (non-hydrogen) atoms. The zero-order chi connectivity index (χ0) is 21.5. The van der Waals surface area contributed by atoms with Crippen molar-refractivity contribution in [3.63, 3.8) is 0 Å². The van der Waals surface area contributed by atoms with E-state index in [0.29, 0.717) is 5.56 Å². The predicted octanol–water partition coefficient (Wildman–Crippen LogP) is 4.03. The molecule has 0 saturated carbocycles. The molecule has 0 spiro atoms. The van der Waals surface area contributed by atoms with Crippen molar-refractivity contribution in [1.82, 2.24) is 10.3 Å². The number of benzene rings is 2. The van der Waals surface area contributed by atoms with E-state index in [2.05, 4.69) is 32.2 Å². The largest absolute Gasteiger partial charge is 0.350 e. The summed E-state index contributed by atoms with van der Waals surface area (Å²) < 4.78 is 0. The first kappa shape index (κ1) is 22.0. The van der Waals surface area contributed by atoms with Gasteiger partial charge in [-0.05, 0) is 58.7 Å². The van der Waals surface area contributed by atoms with Crippen molar-refractivity contribution in [2.45, 2.75) is 46.6 Å². The third-order valence-corrected chi connectivity index (χ3v) is 5.82. The van der Waals surface area contributed by atoms with Crippen LogP contribution in [0.4, 0.5) is 0 Å². The minimum absolute atomic E-state index is 0.0205. The fourth-order valence-corrected chi connectivity index (χ4v) is 3.92. The highest BCUT2D eigenvalue weighted by Crippen LogP contribution is 2.25. The van der Waals surface area contributed by atoms with Crippen molar-refractivity contribution in [2.75, 3.05) is 19.6 Å². The van der Waals surface area contributed by atoms with E-state index in [-0.39, 0.29) is 11.9 Å². The number of aromatic nitrogens is 1. The summed E-state index contributed by atoms with van der Waals surface area (Å²) in [6.45, 7) is 12.1. The smallest absolute Gasteiger partial charge is 0.252 e. The Hall–Kier alpha value is -2.72. The van der Waals surface area contributed by atoms with Crippen molar-refractivity contribution < 1.29 is 9.69 Å². The monoisotopic (exact) mass is 404 g/mol. The van der Waals surface area contributed by atoms with Crippen LogP contribution in [0.5, 0.6) is 0 Å². The lowest BCUT2D eigenvalue weighted by Crippen LogP contribution is -3.11. The maximum atomic E-state index is 13.2. The van der Waals surface area contributed by atoms with Crippen molar-refractivity contribution in [2.24, 2.45) is 0 Å². The molecule has 0 aliphatic heterocycles. The molecule has 0 radical (unpaired) electrons. The lowest BCUT2D eigenvalue weighted by molar-refractivity contribution is -0.896. The zero-order valence-electron chi connectivity index (χ0n) is 18.7. The fraction of sp³-hybridized carbons (Fsp3) is 0.385. The molecule has 1 atom stereocenters. The van der Waals surface area contributed by atoms with E-state index in [0.717, 1.165) is 60.2 Å². The maximum absolute atomic E-state index is 13.2. The first-order valence-corrected chi connectivity index (χ1v) is 11.1. The fourth-order valence-electron chi connectivity index (χ4n) is 3.92. The van der Waals surface area contributed by atoms with E-state index in [9.17, 15) is 4.79 Å². The zero-order valence-corrected chi connectivity index (χ0v) is 18.7. The topological polar surface area (TPSA) is 46.4 Å².